The van der Waals surface area contributed by atoms with Crippen molar-refractivity contribution in [3.05, 3.63) is 23.0 Å². The predicted octanol–water partition coefficient (Wildman–Crippen LogP) is 2.33. The smallest absolute Gasteiger partial charge is 0.142 e. The molecule has 0 aliphatic heterocycles. The van der Waals surface area contributed by atoms with Gasteiger partial charge in [0, 0.05) is 23.9 Å². The number of aromatic nitrogens is 1. The molecule has 1 rings (SSSR count). The van der Waals surface area contributed by atoms with Crippen molar-refractivity contribution in [1.29, 1.82) is 0 Å². The summed E-state index contributed by atoms with van der Waals surface area (Å²) in [5.74, 6) is 0.128. The van der Waals surface area contributed by atoms with Crippen LogP contribution in [0.15, 0.2) is 6.20 Å². The number of pyridine rings is 1. The average molecular weight is 262 g/mol. The molecule has 1 heterocycles. The highest BCUT2D eigenvalue weighted by Crippen LogP contribution is 2.24. The lowest BCUT2D eigenvalue weighted by Gasteiger charge is -2.11. The van der Waals surface area contributed by atoms with Crippen LogP contribution >= 0.6 is 12.4 Å². The first-order valence-corrected chi connectivity index (χ1v) is 5.55. The second-order valence-corrected chi connectivity index (χ2v) is 3.76. The van der Waals surface area contributed by atoms with Crippen LogP contribution in [0.2, 0.25) is 0 Å². The number of rotatable bonds is 6. The van der Waals surface area contributed by atoms with Gasteiger partial charge in [0.15, 0.2) is 0 Å². The molecule has 0 spiro atoms. The third-order valence-electron chi connectivity index (χ3n) is 2.49. The highest BCUT2D eigenvalue weighted by atomic mass is 35.5. The summed E-state index contributed by atoms with van der Waals surface area (Å²) in [7, 11) is 0. The number of hydrogen-bond acceptors (Lipinski definition) is 4. The molecule has 1 aromatic rings. The summed E-state index contributed by atoms with van der Waals surface area (Å²) in [6.07, 6.45) is 3.65. The van der Waals surface area contributed by atoms with Crippen LogP contribution in [-0.4, -0.2) is 21.8 Å². The van der Waals surface area contributed by atoms with E-state index in [0.29, 0.717) is 30.0 Å². The van der Waals surface area contributed by atoms with Gasteiger partial charge >= 0.3 is 0 Å². The molecule has 0 saturated carbocycles. The lowest BCUT2D eigenvalue weighted by molar-refractivity contribution is 0.114. The van der Waals surface area contributed by atoms with Crippen molar-refractivity contribution in [3.8, 4) is 5.75 Å². The van der Waals surface area contributed by atoms with E-state index in [1.807, 2.05) is 0 Å². The van der Waals surface area contributed by atoms with Crippen LogP contribution in [0.3, 0.4) is 0 Å². The third-order valence-corrected chi connectivity index (χ3v) is 2.49. The number of ether oxygens (including phenoxy) is 1. The molecule has 0 bridgehead atoms. The fraction of sp³-hybridized carbons (Fsp3) is 0.583. The Kier molecular flexibility index (Phi) is 7.87. The van der Waals surface area contributed by atoms with E-state index in [2.05, 4.69) is 11.9 Å². The third kappa shape index (κ3) is 4.50. The monoisotopic (exact) mass is 261 g/mol. The SMILES string of the molecule is CCCCOCc1c(CO)cnc(C)c1O.Cl. The molecule has 1 aromatic heterocycles. The first-order chi connectivity index (χ1) is 7.70. The minimum atomic E-state index is -0.132. The van der Waals surface area contributed by atoms with Gasteiger partial charge in [0.2, 0.25) is 0 Å². The topological polar surface area (TPSA) is 62.6 Å². The first-order valence-electron chi connectivity index (χ1n) is 5.55. The summed E-state index contributed by atoms with van der Waals surface area (Å²) >= 11 is 0. The van der Waals surface area contributed by atoms with E-state index < -0.39 is 0 Å². The molecule has 0 radical (unpaired) electrons. The quantitative estimate of drug-likeness (QED) is 0.772. The maximum atomic E-state index is 9.81. The van der Waals surface area contributed by atoms with E-state index in [-0.39, 0.29) is 24.8 Å². The maximum Gasteiger partial charge on any atom is 0.142 e. The van der Waals surface area contributed by atoms with Gasteiger partial charge in [-0.1, -0.05) is 13.3 Å². The number of halogens is 1. The molecule has 0 amide bonds. The second-order valence-electron chi connectivity index (χ2n) is 3.76. The molecule has 0 unspecified atom stereocenters. The number of nitrogens with zero attached hydrogens (tertiary/aromatic N) is 1. The van der Waals surface area contributed by atoms with Gasteiger partial charge in [-0.3, -0.25) is 4.98 Å². The normalized spacial score (nSPS) is 10.1. The fourth-order valence-corrected chi connectivity index (χ4v) is 1.40. The number of unbranched alkanes of at least 4 members (excludes halogenated alkanes) is 1. The standard InChI is InChI=1S/C12H19NO3.ClH/c1-3-4-5-16-8-11-10(7-14)6-13-9(2)12(11)15;/h6,14-15H,3-5,7-8H2,1-2H3;1H. The molecule has 0 saturated heterocycles. The van der Waals surface area contributed by atoms with Crippen molar-refractivity contribution in [1.82, 2.24) is 4.98 Å². The van der Waals surface area contributed by atoms with Crippen LogP contribution in [0, 0.1) is 6.92 Å². The highest BCUT2D eigenvalue weighted by Gasteiger charge is 2.11. The number of aliphatic hydroxyl groups is 1. The summed E-state index contributed by atoms with van der Waals surface area (Å²) in [5, 5.41) is 18.9. The Morgan fingerprint density at radius 1 is 1.41 bits per heavy atom. The van der Waals surface area contributed by atoms with Gasteiger partial charge < -0.3 is 14.9 Å². The van der Waals surface area contributed by atoms with Crippen LogP contribution in [0.1, 0.15) is 36.6 Å². The van der Waals surface area contributed by atoms with Crippen molar-refractivity contribution in [2.45, 2.75) is 39.9 Å². The minimum Gasteiger partial charge on any atom is -0.506 e. The summed E-state index contributed by atoms with van der Waals surface area (Å²) in [4.78, 5) is 3.99. The van der Waals surface area contributed by atoms with E-state index in [0.717, 1.165) is 12.8 Å². The van der Waals surface area contributed by atoms with Crippen molar-refractivity contribution in [2.75, 3.05) is 6.61 Å². The Labute approximate surface area is 108 Å². The molecule has 2 N–H and O–H groups in total. The molecule has 5 heteroatoms. The van der Waals surface area contributed by atoms with Crippen molar-refractivity contribution in [2.24, 2.45) is 0 Å². The van der Waals surface area contributed by atoms with Crippen LogP contribution in [0.5, 0.6) is 5.75 Å². The molecule has 0 aromatic carbocycles. The lowest BCUT2D eigenvalue weighted by Crippen LogP contribution is -2.02. The van der Waals surface area contributed by atoms with Crippen LogP contribution in [0.4, 0.5) is 0 Å². The number of hydrogen-bond donors (Lipinski definition) is 2. The van der Waals surface area contributed by atoms with Gasteiger partial charge in [-0.15, -0.1) is 12.4 Å². The molecular weight excluding hydrogens is 242 g/mol. The molecular formula is C12H20ClNO3. The molecule has 98 valence electrons. The highest BCUT2D eigenvalue weighted by molar-refractivity contribution is 5.85. The van der Waals surface area contributed by atoms with Gasteiger partial charge in [-0.25, -0.2) is 0 Å². The summed E-state index contributed by atoms with van der Waals surface area (Å²) < 4.78 is 5.44. The van der Waals surface area contributed by atoms with Gasteiger partial charge in [0.1, 0.15) is 5.75 Å². The van der Waals surface area contributed by atoms with E-state index in [1.165, 1.54) is 0 Å². The fourth-order valence-electron chi connectivity index (χ4n) is 1.40. The van der Waals surface area contributed by atoms with Gasteiger partial charge in [-0.05, 0) is 13.3 Å². The lowest BCUT2D eigenvalue weighted by atomic mass is 10.1. The van der Waals surface area contributed by atoms with Crippen molar-refractivity contribution < 1.29 is 14.9 Å². The predicted molar refractivity (Wildman–Crippen MR) is 68.4 cm³/mol. The summed E-state index contributed by atoms with van der Waals surface area (Å²) in [5.41, 5.74) is 1.83. The summed E-state index contributed by atoms with van der Waals surface area (Å²) in [6, 6.07) is 0. The van der Waals surface area contributed by atoms with E-state index in [4.69, 9.17) is 9.84 Å². The number of aliphatic hydroxyl groups excluding tert-OH is 1. The molecule has 4 nitrogen and oxygen atoms in total. The zero-order valence-corrected chi connectivity index (χ0v) is 11.1. The second kappa shape index (κ2) is 8.28. The Morgan fingerprint density at radius 3 is 2.71 bits per heavy atom. The van der Waals surface area contributed by atoms with Crippen LogP contribution in [0.25, 0.3) is 0 Å². The van der Waals surface area contributed by atoms with Crippen LogP contribution in [-0.2, 0) is 18.0 Å². The first kappa shape index (κ1) is 16.2. The van der Waals surface area contributed by atoms with Crippen molar-refractivity contribution in [3.63, 3.8) is 0 Å². The molecule has 0 atom stereocenters. The number of aryl methyl sites for hydroxylation is 1. The largest absolute Gasteiger partial charge is 0.506 e. The maximum absolute atomic E-state index is 9.81. The zero-order chi connectivity index (χ0) is 12.0. The van der Waals surface area contributed by atoms with Crippen molar-refractivity contribution >= 4 is 12.4 Å². The van der Waals surface area contributed by atoms with E-state index in [9.17, 15) is 5.11 Å². The van der Waals surface area contributed by atoms with E-state index in [1.54, 1.807) is 13.1 Å². The minimum absolute atomic E-state index is 0. The zero-order valence-electron chi connectivity index (χ0n) is 10.3. The Hall–Kier alpha value is -0.840. The number of aromatic hydroxyl groups is 1. The Balaban J connectivity index is 0.00000256. The Morgan fingerprint density at radius 2 is 2.12 bits per heavy atom. The molecule has 0 aliphatic carbocycles. The molecule has 0 aliphatic rings. The summed E-state index contributed by atoms with van der Waals surface area (Å²) in [6.45, 7) is 4.68. The Bertz CT molecular complexity index is 345. The molecule has 0 fully saturated rings. The average Bonchev–Trinajstić information content (AvgIpc) is 2.30. The van der Waals surface area contributed by atoms with Gasteiger partial charge in [0.25, 0.3) is 0 Å². The van der Waals surface area contributed by atoms with Gasteiger partial charge in [0.05, 0.1) is 18.9 Å². The van der Waals surface area contributed by atoms with Crippen LogP contribution < -0.4 is 0 Å². The van der Waals surface area contributed by atoms with Gasteiger partial charge in [-0.2, -0.15) is 0 Å². The van der Waals surface area contributed by atoms with E-state index >= 15 is 0 Å². The molecule has 17 heavy (non-hydrogen) atoms.